The van der Waals surface area contributed by atoms with Crippen LogP contribution in [-0.2, 0) is 15.4 Å². The van der Waals surface area contributed by atoms with E-state index in [1.165, 1.54) is 49.9 Å². The van der Waals surface area contributed by atoms with Crippen molar-refractivity contribution in [3.63, 3.8) is 0 Å². The fourth-order valence-corrected chi connectivity index (χ4v) is 8.62. The minimum Gasteiger partial charge on any atom is -0.255 e. The molecule has 0 atom stereocenters. The van der Waals surface area contributed by atoms with Crippen LogP contribution in [0.3, 0.4) is 0 Å². The molecule has 4 aliphatic rings. The second-order valence-electron chi connectivity index (χ2n) is 9.35. The van der Waals surface area contributed by atoms with Crippen LogP contribution in [0.2, 0.25) is 0 Å². The van der Waals surface area contributed by atoms with Crippen molar-refractivity contribution in [1.82, 2.24) is 4.98 Å². The zero-order valence-electron chi connectivity index (χ0n) is 16.2. The van der Waals surface area contributed by atoms with E-state index in [0.717, 1.165) is 34.2 Å². The predicted octanol–water partition coefficient (Wildman–Crippen LogP) is 5.56. The van der Waals surface area contributed by atoms with Gasteiger partial charge in [0.1, 0.15) is 0 Å². The zero-order chi connectivity index (χ0) is 19.6. The van der Waals surface area contributed by atoms with Crippen LogP contribution in [0, 0.1) is 17.8 Å². The van der Waals surface area contributed by atoms with Gasteiger partial charge in [-0.2, -0.15) is 0 Å². The number of benzene rings is 2. The Kier molecular flexibility index (Phi) is 3.88. The number of hydrogen-bond acceptors (Lipinski definition) is 4. The van der Waals surface area contributed by atoms with Crippen molar-refractivity contribution in [1.29, 1.82) is 0 Å². The molecule has 4 saturated carbocycles. The molecule has 4 bridgehead atoms. The van der Waals surface area contributed by atoms with Crippen LogP contribution in [0.5, 0.6) is 0 Å². The Hall–Kier alpha value is -1.92. The number of thiazole rings is 1. The Morgan fingerprint density at radius 1 is 0.931 bits per heavy atom. The molecule has 1 N–H and O–H groups in total. The van der Waals surface area contributed by atoms with E-state index in [1.54, 1.807) is 12.1 Å². The molecule has 6 heteroatoms. The largest absolute Gasteiger partial charge is 0.263 e. The summed E-state index contributed by atoms with van der Waals surface area (Å²) in [5.41, 5.74) is 1.32. The Labute approximate surface area is 175 Å². The molecule has 0 saturated heterocycles. The maximum Gasteiger partial charge on any atom is 0.263 e. The highest BCUT2D eigenvalue weighted by molar-refractivity contribution is 7.93. The van der Waals surface area contributed by atoms with E-state index >= 15 is 0 Å². The van der Waals surface area contributed by atoms with E-state index in [4.69, 9.17) is 4.98 Å². The molecule has 4 aliphatic carbocycles. The standard InChI is InChI=1S/C23H24N2O2S2/c26-29(27,20-6-5-18-3-1-2-4-19(18)10-20)25-22-24-21(14-28-22)23-11-15-7-16(12-23)9-17(8-15)13-23/h1-6,10,14-17H,7-9,11-13H2,(H,24,25). The quantitative estimate of drug-likeness (QED) is 0.596. The highest BCUT2D eigenvalue weighted by Gasteiger charge is 2.52. The van der Waals surface area contributed by atoms with Gasteiger partial charge in [-0.25, -0.2) is 13.4 Å². The normalized spacial score (nSPS) is 30.7. The molecular weight excluding hydrogens is 400 g/mol. The molecule has 0 amide bonds. The van der Waals surface area contributed by atoms with Crippen LogP contribution in [0.25, 0.3) is 10.8 Å². The minimum atomic E-state index is -3.65. The van der Waals surface area contributed by atoms with Crippen molar-refractivity contribution in [2.75, 3.05) is 4.72 Å². The highest BCUT2D eigenvalue weighted by Crippen LogP contribution is 2.60. The first kappa shape index (κ1) is 17.9. The van der Waals surface area contributed by atoms with Gasteiger partial charge in [0.15, 0.2) is 5.13 Å². The third-order valence-corrected chi connectivity index (χ3v) is 9.56. The summed E-state index contributed by atoms with van der Waals surface area (Å²) in [6.07, 6.45) is 7.89. The minimum absolute atomic E-state index is 0.192. The summed E-state index contributed by atoms with van der Waals surface area (Å²) in [5.74, 6) is 2.54. The molecule has 1 heterocycles. The molecule has 0 aliphatic heterocycles. The predicted molar refractivity (Wildman–Crippen MR) is 117 cm³/mol. The van der Waals surface area contributed by atoms with Crippen molar-refractivity contribution in [2.24, 2.45) is 17.8 Å². The van der Waals surface area contributed by atoms with E-state index < -0.39 is 10.0 Å². The van der Waals surface area contributed by atoms with E-state index in [1.807, 2.05) is 30.3 Å². The third-order valence-electron chi connectivity index (χ3n) is 7.34. The molecular formula is C23H24N2O2S2. The summed E-state index contributed by atoms with van der Waals surface area (Å²) >= 11 is 1.42. The van der Waals surface area contributed by atoms with E-state index in [-0.39, 0.29) is 10.3 Å². The lowest BCUT2D eigenvalue weighted by molar-refractivity contribution is -0.00688. The Balaban J connectivity index is 1.28. The van der Waals surface area contributed by atoms with Crippen LogP contribution in [0.1, 0.15) is 44.2 Å². The lowest BCUT2D eigenvalue weighted by atomic mass is 9.49. The fourth-order valence-electron chi connectivity index (χ4n) is 6.50. The first-order valence-electron chi connectivity index (χ1n) is 10.5. The third kappa shape index (κ3) is 2.99. The molecule has 29 heavy (non-hydrogen) atoms. The average Bonchev–Trinajstić information content (AvgIpc) is 3.15. The summed E-state index contributed by atoms with van der Waals surface area (Å²) in [7, 11) is -3.65. The van der Waals surface area contributed by atoms with Gasteiger partial charge < -0.3 is 0 Å². The second-order valence-corrected chi connectivity index (χ2v) is 11.9. The topological polar surface area (TPSA) is 59.1 Å². The number of sulfonamides is 1. The molecule has 150 valence electrons. The number of fused-ring (bicyclic) bond motifs is 1. The summed E-state index contributed by atoms with van der Waals surface area (Å²) in [6, 6.07) is 13.0. The smallest absolute Gasteiger partial charge is 0.255 e. The molecule has 4 nitrogen and oxygen atoms in total. The van der Waals surface area contributed by atoms with Crippen LogP contribution in [0.15, 0.2) is 52.7 Å². The first-order chi connectivity index (χ1) is 14.0. The average molecular weight is 425 g/mol. The van der Waals surface area contributed by atoms with Crippen molar-refractivity contribution >= 4 is 37.3 Å². The van der Waals surface area contributed by atoms with Gasteiger partial charge in [0.2, 0.25) is 0 Å². The molecule has 0 unspecified atom stereocenters. The van der Waals surface area contributed by atoms with Gasteiger partial charge in [-0.15, -0.1) is 11.3 Å². The molecule has 7 rings (SSSR count). The number of rotatable bonds is 4. The maximum absolute atomic E-state index is 13.0. The number of nitrogens with zero attached hydrogens (tertiary/aromatic N) is 1. The van der Waals surface area contributed by atoms with Gasteiger partial charge in [-0.05, 0) is 79.2 Å². The molecule has 2 aromatic carbocycles. The molecule has 0 radical (unpaired) electrons. The van der Waals surface area contributed by atoms with Crippen molar-refractivity contribution in [2.45, 2.75) is 48.8 Å². The summed E-state index contributed by atoms with van der Waals surface area (Å²) in [4.78, 5) is 5.08. The Bertz CT molecular complexity index is 1160. The van der Waals surface area contributed by atoms with E-state index in [9.17, 15) is 8.42 Å². The second kappa shape index (κ2) is 6.29. The SMILES string of the molecule is O=S(=O)(Nc1nc(C23CC4CC(CC(C4)C2)C3)cs1)c1ccc2ccccc2c1. The van der Waals surface area contributed by atoms with Gasteiger partial charge in [-0.3, -0.25) is 4.72 Å². The number of anilines is 1. The highest BCUT2D eigenvalue weighted by atomic mass is 32.2. The van der Waals surface area contributed by atoms with Gasteiger partial charge in [0.05, 0.1) is 10.6 Å². The molecule has 1 aromatic heterocycles. The maximum atomic E-state index is 13.0. The van der Waals surface area contributed by atoms with Crippen LogP contribution >= 0.6 is 11.3 Å². The molecule has 0 spiro atoms. The Morgan fingerprint density at radius 2 is 1.59 bits per heavy atom. The number of nitrogens with one attached hydrogen (secondary N) is 1. The van der Waals surface area contributed by atoms with Crippen LogP contribution in [0.4, 0.5) is 5.13 Å². The van der Waals surface area contributed by atoms with Crippen LogP contribution in [-0.4, -0.2) is 13.4 Å². The monoisotopic (exact) mass is 424 g/mol. The van der Waals surface area contributed by atoms with Gasteiger partial charge in [-0.1, -0.05) is 30.3 Å². The van der Waals surface area contributed by atoms with Gasteiger partial charge in [0.25, 0.3) is 10.0 Å². The fraction of sp³-hybridized carbons (Fsp3) is 0.435. The summed E-state index contributed by atoms with van der Waals surface area (Å²) in [5, 5.41) is 4.54. The summed E-state index contributed by atoms with van der Waals surface area (Å²) < 4.78 is 28.6. The summed E-state index contributed by atoms with van der Waals surface area (Å²) in [6.45, 7) is 0. The van der Waals surface area contributed by atoms with Gasteiger partial charge >= 0.3 is 0 Å². The lowest BCUT2D eigenvalue weighted by Crippen LogP contribution is -2.48. The Morgan fingerprint density at radius 3 is 2.28 bits per heavy atom. The molecule has 3 aromatic rings. The van der Waals surface area contributed by atoms with E-state index in [0.29, 0.717) is 5.13 Å². The van der Waals surface area contributed by atoms with Crippen molar-refractivity contribution < 1.29 is 8.42 Å². The number of aromatic nitrogens is 1. The van der Waals surface area contributed by atoms with Gasteiger partial charge in [0, 0.05) is 10.8 Å². The molecule has 4 fully saturated rings. The van der Waals surface area contributed by atoms with E-state index in [2.05, 4.69) is 10.1 Å². The lowest BCUT2D eigenvalue weighted by Gasteiger charge is -2.56. The number of hydrogen-bond donors (Lipinski definition) is 1. The van der Waals surface area contributed by atoms with Crippen LogP contribution < -0.4 is 4.72 Å². The van der Waals surface area contributed by atoms with Crippen molar-refractivity contribution in [3.05, 3.63) is 53.5 Å². The first-order valence-corrected chi connectivity index (χ1v) is 12.8. The van der Waals surface area contributed by atoms with Crippen molar-refractivity contribution in [3.8, 4) is 0 Å². The zero-order valence-corrected chi connectivity index (χ0v) is 17.8.